The van der Waals surface area contributed by atoms with Crippen LogP contribution in [0.3, 0.4) is 0 Å². The first-order valence-electron chi connectivity index (χ1n) is 6.21. The fraction of sp³-hybridized carbons (Fsp3) is 0.429. The van der Waals surface area contributed by atoms with Crippen molar-refractivity contribution in [2.45, 2.75) is 38.5 Å². The van der Waals surface area contributed by atoms with Gasteiger partial charge in [-0.05, 0) is 17.9 Å². The maximum absolute atomic E-state index is 12.1. The third kappa shape index (κ3) is 1.81. The zero-order valence-corrected chi connectivity index (χ0v) is 11.4. The molecule has 0 saturated carbocycles. The fourth-order valence-corrected chi connectivity index (χ4v) is 3.26. The van der Waals surface area contributed by atoms with Crippen molar-refractivity contribution in [3.63, 3.8) is 0 Å². The summed E-state index contributed by atoms with van der Waals surface area (Å²) in [7, 11) is 0. The summed E-state index contributed by atoms with van der Waals surface area (Å²) in [5, 5.41) is 9.53. The third-order valence-corrected chi connectivity index (χ3v) is 4.57. The van der Waals surface area contributed by atoms with Crippen molar-refractivity contribution in [2.24, 2.45) is 0 Å². The molecule has 18 heavy (non-hydrogen) atoms. The van der Waals surface area contributed by atoms with E-state index in [0.29, 0.717) is 6.42 Å². The highest BCUT2D eigenvalue weighted by atomic mass is 32.1. The first-order chi connectivity index (χ1) is 8.58. The van der Waals surface area contributed by atoms with E-state index >= 15 is 0 Å². The van der Waals surface area contributed by atoms with Gasteiger partial charge in [0.2, 0.25) is 0 Å². The normalized spacial score (nSPS) is 17.8. The fourth-order valence-electron chi connectivity index (χ4n) is 2.55. The zero-order chi connectivity index (χ0) is 12.8. The second-order valence-electron chi connectivity index (χ2n) is 5.48. The van der Waals surface area contributed by atoms with Crippen molar-refractivity contribution in [3.05, 3.63) is 39.3 Å². The lowest BCUT2D eigenvalue weighted by atomic mass is 9.75. The molecule has 2 aromatic heterocycles. The Kier molecular flexibility index (Phi) is 2.63. The van der Waals surface area contributed by atoms with Gasteiger partial charge in [-0.3, -0.25) is 9.89 Å². The van der Waals surface area contributed by atoms with Gasteiger partial charge in [0.15, 0.2) is 5.78 Å². The lowest BCUT2D eigenvalue weighted by Gasteiger charge is -2.28. The number of carbonyl (C=O) groups excluding carboxylic acids is 1. The number of carbonyl (C=O) groups is 1. The summed E-state index contributed by atoms with van der Waals surface area (Å²) in [5.74, 6) is 0.240. The molecule has 0 radical (unpaired) electrons. The highest BCUT2D eigenvalue weighted by Crippen LogP contribution is 2.37. The number of aromatic nitrogens is 2. The first-order valence-corrected chi connectivity index (χ1v) is 7.09. The SMILES string of the molecule is CC1(C)CCC(=O)c2c(Cc3cccs3)n[nH]c21. The molecule has 1 aliphatic rings. The van der Waals surface area contributed by atoms with Crippen LogP contribution in [0.2, 0.25) is 0 Å². The number of rotatable bonds is 2. The molecule has 2 heterocycles. The quantitative estimate of drug-likeness (QED) is 0.900. The number of H-pyrrole nitrogens is 1. The molecule has 1 aliphatic carbocycles. The van der Waals surface area contributed by atoms with Crippen LogP contribution in [0.25, 0.3) is 0 Å². The minimum Gasteiger partial charge on any atom is -0.294 e. The Morgan fingerprint density at radius 3 is 3.06 bits per heavy atom. The monoisotopic (exact) mass is 260 g/mol. The Morgan fingerprint density at radius 2 is 2.33 bits per heavy atom. The second kappa shape index (κ2) is 4.05. The van der Waals surface area contributed by atoms with Crippen LogP contribution >= 0.6 is 11.3 Å². The Balaban J connectivity index is 2.03. The lowest BCUT2D eigenvalue weighted by molar-refractivity contribution is 0.0955. The number of aromatic amines is 1. The summed E-state index contributed by atoms with van der Waals surface area (Å²) in [4.78, 5) is 13.4. The molecular formula is C14H16N2OS. The summed E-state index contributed by atoms with van der Waals surface area (Å²) < 4.78 is 0. The molecule has 0 unspecified atom stereocenters. The van der Waals surface area contributed by atoms with E-state index in [0.717, 1.165) is 29.8 Å². The molecule has 94 valence electrons. The lowest BCUT2D eigenvalue weighted by Crippen LogP contribution is -2.27. The Morgan fingerprint density at radius 1 is 1.50 bits per heavy atom. The van der Waals surface area contributed by atoms with Gasteiger partial charge in [0.1, 0.15) is 0 Å². The number of fused-ring (bicyclic) bond motifs is 1. The highest BCUT2D eigenvalue weighted by molar-refractivity contribution is 7.09. The first kappa shape index (κ1) is 11.7. The molecule has 0 aromatic carbocycles. The van der Waals surface area contributed by atoms with Crippen molar-refractivity contribution in [1.82, 2.24) is 10.2 Å². The molecular weight excluding hydrogens is 244 g/mol. The molecule has 0 spiro atoms. The maximum Gasteiger partial charge on any atom is 0.166 e. The molecule has 0 atom stereocenters. The number of thiophene rings is 1. The molecule has 0 aliphatic heterocycles. The van der Waals surface area contributed by atoms with E-state index in [9.17, 15) is 4.79 Å². The number of nitrogens with zero attached hydrogens (tertiary/aromatic N) is 1. The minimum atomic E-state index is 0.0317. The molecule has 0 fully saturated rings. The van der Waals surface area contributed by atoms with Crippen LogP contribution in [0.5, 0.6) is 0 Å². The van der Waals surface area contributed by atoms with Crippen molar-refractivity contribution in [3.8, 4) is 0 Å². The average Bonchev–Trinajstić information content (AvgIpc) is 2.95. The molecule has 3 rings (SSSR count). The molecule has 2 aromatic rings. The predicted molar refractivity (Wildman–Crippen MR) is 72.3 cm³/mol. The van der Waals surface area contributed by atoms with Crippen molar-refractivity contribution >= 4 is 17.1 Å². The topological polar surface area (TPSA) is 45.8 Å². The van der Waals surface area contributed by atoms with Gasteiger partial charge in [-0.2, -0.15) is 5.10 Å². The van der Waals surface area contributed by atoms with Gasteiger partial charge in [-0.25, -0.2) is 0 Å². The minimum absolute atomic E-state index is 0.0317. The van der Waals surface area contributed by atoms with Gasteiger partial charge in [-0.1, -0.05) is 19.9 Å². The van der Waals surface area contributed by atoms with Gasteiger partial charge in [0.25, 0.3) is 0 Å². The summed E-state index contributed by atoms with van der Waals surface area (Å²) in [6.45, 7) is 4.34. The summed E-state index contributed by atoms with van der Waals surface area (Å²) in [5.41, 5.74) is 2.81. The van der Waals surface area contributed by atoms with Crippen molar-refractivity contribution in [1.29, 1.82) is 0 Å². The molecule has 1 N–H and O–H groups in total. The average molecular weight is 260 g/mol. The van der Waals surface area contributed by atoms with E-state index < -0.39 is 0 Å². The Hall–Kier alpha value is -1.42. The van der Waals surface area contributed by atoms with E-state index in [2.05, 4.69) is 35.5 Å². The van der Waals surface area contributed by atoms with Crippen LogP contribution in [0.1, 0.15) is 53.3 Å². The summed E-state index contributed by atoms with van der Waals surface area (Å²) in [6.07, 6.45) is 2.29. The van der Waals surface area contributed by atoms with Gasteiger partial charge < -0.3 is 0 Å². The van der Waals surface area contributed by atoms with Crippen molar-refractivity contribution in [2.75, 3.05) is 0 Å². The van der Waals surface area contributed by atoms with E-state index in [1.54, 1.807) is 11.3 Å². The van der Waals surface area contributed by atoms with Crippen LogP contribution in [-0.2, 0) is 11.8 Å². The van der Waals surface area contributed by atoms with Crippen LogP contribution in [-0.4, -0.2) is 16.0 Å². The second-order valence-corrected chi connectivity index (χ2v) is 6.52. The number of hydrogen-bond donors (Lipinski definition) is 1. The molecule has 0 saturated heterocycles. The largest absolute Gasteiger partial charge is 0.294 e. The molecule has 3 nitrogen and oxygen atoms in total. The van der Waals surface area contributed by atoms with Gasteiger partial charge in [-0.15, -0.1) is 11.3 Å². The predicted octanol–water partition coefficient (Wildman–Crippen LogP) is 3.32. The molecule has 4 heteroatoms. The number of hydrogen-bond acceptors (Lipinski definition) is 3. The van der Waals surface area contributed by atoms with Crippen LogP contribution in [0.4, 0.5) is 0 Å². The maximum atomic E-state index is 12.1. The highest BCUT2D eigenvalue weighted by Gasteiger charge is 2.35. The third-order valence-electron chi connectivity index (χ3n) is 3.70. The van der Waals surface area contributed by atoms with Gasteiger partial charge in [0.05, 0.1) is 17.0 Å². The Bertz CT molecular complexity index is 581. The van der Waals surface area contributed by atoms with E-state index in [1.165, 1.54) is 4.88 Å². The van der Waals surface area contributed by atoms with E-state index in [1.807, 2.05) is 6.07 Å². The number of ketones is 1. The standard InChI is InChI=1S/C14H16N2OS/c1-14(2)6-5-11(17)12-10(15-16-13(12)14)8-9-4-3-7-18-9/h3-4,7H,5-6,8H2,1-2H3,(H,15,16). The molecule has 0 bridgehead atoms. The van der Waals surface area contributed by atoms with Gasteiger partial charge >= 0.3 is 0 Å². The van der Waals surface area contributed by atoms with Crippen molar-refractivity contribution < 1.29 is 4.79 Å². The van der Waals surface area contributed by atoms with E-state index in [4.69, 9.17) is 0 Å². The van der Waals surface area contributed by atoms with Crippen LogP contribution in [0.15, 0.2) is 17.5 Å². The molecule has 0 amide bonds. The number of Topliss-reactive ketones (excluding diaryl/α,β-unsaturated/α-hetero) is 1. The number of nitrogens with one attached hydrogen (secondary N) is 1. The van der Waals surface area contributed by atoms with E-state index in [-0.39, 0.29) is 11.2 Å². The summed E-state index contributed by atoms with van der Waals surface area (Å²) in [6, 6.07) is 4.12. The summed E-state index contributed by atoms with van der Waals surface area (Å²) >= 11 is 1.71. The Labute approximate surface area is 110 Å². The van der Waals surface area contributed by atoms with Gasteiger partial charge in [0, 0.05) is 23.1 Å². The smallest absolute Gasteiger partial charge is 0.166 e. The van der Waals surface area contributed by atoms with Crippen LogP contribution in [0, 0.1) is 0 Å². The van der Waals surface area contributed by atoms with Crippen LogP contribution < -0.4 is 0 Å². The zero-order valence-electron chi connectivity index (χ0n) is 10.6.